The number of hydrogen-bond acceptors (Lipinski definition) is 8. The van der Waals surface area contributed by atoms with Gasteiger partial charge >= 0.3 is 10.1 Å². The fourth-order valence-corrected chi connectivity index (χ4v) is 3.05. The molecule has 0 aliphatic rings. The van der Waals surface area contributed by atoms with Crippen molar-refractivity contribution in [1.82, 2.24) is 20.6 Å². The van der Waals surface area contributed by atoms with Crippen LogP contribution in [0.1, 0.15) is 11.4 Å². The van der Waals surface area contributed by atoms with Crippen LogP contribution in [0.15, 0.2) is 59.6 Å². The summed E-state index contributed by atoms with van der Waals surface area (Å²) in [5, 5.41) is 25.1. The number of para-hydroxylation sites is 2. The molecule has 136 valence electrons. The number of aryl methyl sites for hydroxylation is 1. The first-order chi connectivity index (χ1) is 13.0. The third-order valence-electron chi connectivity index (χ3n) is 3.47. The Balaban J connectivity index is 1.86. The quantitative estimate of drug-likeness (QED) is 0.490. The summed E-state index contributed by atoms with van der Waals surface area (Å²) in [7, 11) is -4.01. The number of aromatic amines is 1. The van der Waals surface area contributed by atoms with Crippen LogP contribution in [0.4, 0.5) is 5.69 Å². The second kappa shape index (κ2) is 7.67. The first-order valence-corrected chi connectivity index (χ1v) is 9.11. The maximum absolute atomic E-state index is 12.5. The lowest BCUT2D eigenvalue weighted by atomic mass is 10.2. The molecular formula is C17H14N6O3S. The molecule has 0 aliphatic heterocycles. The fraction of sp³-hybridized carbons (Fsp3) is 0.0588. The van der Waals surface area contributed by atoms with Crippen LogP contribution in [0.2, 0.25) is 0 Å². The molecule has 0 bridgehead atoms. The van der Waals surface area contributed by atoms with E-state index in [0.29, 0.717) is 5.69 Å². The molecule has 0 fully saturated rings. The topological polar surface area (TPSA) is 134 Å². The molecule has 0 radical (unpaired) electrons. The molecule has 0 aliphatic carbocycles. The number of hydrogen-bond donors (Lipinski definition) is 2. The van der Waals surface area contributed by atoms with E-state index in [4.69, 9.17) is 4.18 Å². The van der Waals surface area contributed by atoms with E-state index in [2.05, 4.69) is 25.9 Å². The molecule has 0 unspecified atom stereocenters. The van der Waals surface area contributed by atoms with Crippen LogP contribution in [0.25, 0.3) is 5.57 Å². The van der Waals surface area contributed by atoms with Gasteiger partial charge in [0, 0.05) is 6.20 Å². The Labute approximate surface area is 155 Å². The Hall–Kier alpha value is -3.71. The van der Waals surface area contributed by atoms with Gasteiger partial charge in [0.2, 0.25) is 5.82 Å². The summed E-state index contributed by atoms with van der Waals surface area (Å²) in [5.41, 5.74) is 1.40. The number of aromatic nitrogens is 4. The first-order valence-electron chi connectivity index (χ1n) is 7.70. The number of rotatable bonds is 6. The van der Waals surface area contributed by atoms with Crippen LogP contribution in [0, 0.1) is 18.3 Å². The van der Waals surface area contributed by atoms with Gasteiger partial charge in [-0.15, -0.1) is 10.2 Å². The highest BCUT2D eigenvalue weighted by Crippen LogP contribution is 2.28. The van der Waals surface area contributed by atoms with Crippen molar-refractivity contribution in [3.63, 3.8) is 0 Å². The number of H-pyrrole nitrogens is 1. The maximum Gasteiger partial charge on any atom is 0.339 e. The first kappa shape index (κ1) is 18.1. The van der Waals surface area contributed by atoms with E-state index in [0.717, 1.165) is 5.56 Å². The number of nitrogens with zero attached hydrogens (tertiary/aromatic N) is 4. The van der Waals surface area contributed by atoms with Crippen molar-refractivity contribution in [2.24, 2.45) is 0 Å². The van der Waals surface area contributed by atoms with Crippen LogP contribution < -0.4 is 9.50 Å². The van der Waals surface area contributed by atoms with Crippen molar-refractivity contribution in [3.05, 3.63) is 66.1 Å². The molecule has 1 heterocycles. The normalized spacial score (nSPS) is 11.6. The molecule has 0 spiro atoms. The van der Waals surface area contributed by atoms with E-state index in [1.165, 1.54) is 24.4 Å². The zero-order valence-electron chi connectivity index (χ0n) is 14.1. The van der Waals surface area contributed by atoms with Crippen molar-refractivity contribution in [2.45, 2.75) is 11.8 Å². The number of nitrogens with one attached hydrogen (secondary N) is 2. The lowest BCUT2D eigenvalue weighted by Crippen LogP contribution is -2.10. The Kier molecular flexibility index (Phi) is 5.14. The molecule has 9 nitrogen and oxygen atoms in total. The van der Waals surface area contributed by atoms with E-state index in [-0.39, 0.29) is 22.0 Å². The van der Waals surface area contributed by atoms with E-state index >= 15 is 0 Å². The van der Waals surface area contributed by atoms with Gasteiger partial charge in [-0.2, -0.15) is 18.9 Å². The third-order valence-corrected chi connectivity index (χ3v) is 4.72. The molecule has 27 heavy (non-hydrogen) atoms. The fourth-order valence-electron chi connectivity index (χ4n) is 2.10. The average Bonchev–Trinajstić information content (AvgIpc) is 3.18. The summed E-state index contributed by atoms with van der Waals surface area (Å²) in [6, 6.07) is 14.7. The van der Waals surface area contributed by atoms with Gasteiger partial charge in [0.1, 0.15) is 16.5 Å². The molecule has 0 amide bonds. The van der Waals surface area contributed by atoms with Gasteiger partial charge in [-0.25, -0.2) is 0 Å². The molecule has 3 aromatic rings. The minimum atomic E-state index is -4.01. The van der Waals surface area contributed by atoms with Gasteiger partial charge in [0.15, 0.2) is 5.75 Å². The van der Waals surface area contributed by atoms with Crippen molar-refractivity contribution in [3.8, 4) is 11.8 Å². The van der Waals surface area contributed by atoms with Gasteiger partial charge in [-0.1, -0.05) is 29.8 Å². The highest BCUT2D eigenvalue weighted by Gasteiger charge is 2.18. The number of tetrazole rings is 1. The number of anilines is 1. The van der Waals surface area contributed by atoms with E-state index < -0.39 is 10.1 Å². The molecule has 3 rings (SSSR count). The molecule has 0 saturated carbocycles. The third kappa shape index (κ3) is 4.28. The van der Waals surface area contributed by atoms with Crippen LogP contribution >= 0.6 is 0 Å². The van der Waals surface area contributed by atoms with Crippen molar-refractivity contribution in [2.75, 3.05) is 5.32 Å². The smallest absolute Gasteiger partial charge is 0.339 e. The zero-order chi connectivity index (χ0) is 19.3. The summed E-state index contributed by atoms with van der Waals surface area (Å²) < 4.78 is 30.3. The van der Waals surface area contributed by atoms with Crippen molar-refractivity contribution >= 4 is 21.4 Å². The number of allylic oxidation sites excluding steroid dienone is 1. The van der Waals surface area contributed by atoms with Gasteiger partial charge in [0.05, 0.1) is 5.69 Å². The summed E-state index contributed by atoms with van der Waals surface area (Å²) in [4.78, 5) is 0.0444. The molecule has 10 heteroatoms. The maximum atomic E-state index is 12.5. The van der Waals surface area contributed by atoms with Gasteiger partial charge < -0.3 is 9.50 Å². The Morgan fingerprint density at radius 3 is 2.63 bits per heavy atom. The SMILES string of the molecule is Cc1ccc(S(=O)(=O)Oc2ccccc2NC=C(C#N)c2nn[nH]n2)cc1. The number of benzene rings is 2. The minimum Gasteiger partial charge on any atom is -0.377 e. The monoisotopic (exact) mass is 382 g/mol. The van der Waals surface area contributed by atoms with Crippen molar-refractivity contribution < 1.29 is 12.6 Å². The lowest BCUT2D eigenvalue weighted by Gasteiger charge is -2.11. The van der Waals surface area contributed by atoms with Crippen LogP contribution in [0.3, 0.4) is 0 Å². The van der Waals surface area contributed by atoms with Crippen LogP contribution in [-0.2, 0) is 10.1 Å². The predicted molar refractivity (Wildman–Crippen MR) is 96.8 cm³/mol. The molecule has 0 saturated heterocycles. The molecule has 2 N–H and O–H groups in total. The summed E-state index contributed by atoms with van der Waals surface area (Å²) >= 11 is 0. The Morgan fingerprint density at radius 2 is 1.96 bits per heavy atom. The van der Waals surface area contributed by atoms with E-state index in [1.54, 1.807) is 30.3 Å². The summed E-state index contributed by atoms with van der Waals surface area (Å²) in [5.74, 6) is 0.190. The summed E-state index contributed by atoms with van der Waals surface area (Å²) in [6.07, 6.45) is 1.34. The largest absolute Gasteiger partial charge is 0.377 e. The second-order valence-electron chi connectivity index (χ2n) is 5.40. The van der Waals surface area contributed by atoms with Gasteiger partial charge in [0.25, 0.3) is 0 Å². The molecular weight excluding hydrogens is 368 g/mol. The molecule has 0 atom stereocenters. The highest BCUT2D eigenvalue weighted by atomic mass is 32.2. The second-order valence-corrected chi connectivity index (χ2v) is 6.94. The highest BCUT2D eigenvalue weighted by molar-refractivity contribution is 7.87. The van der Waals surface area contributed by atoms with Crippen LogP contribution in [-0.4, -0.2) is 29.0 Å². The van der Waals surface area contributed by atoms with Gasteiger partial charge in [-0.05, 0) is 36.4 Å². The molecule has 2 aromatic carbocycles. The van der Waals surface area contributed by atoms with Crippen LogP contribution in [0.5, 0.6) is 5.75 Å². The van der Waals surface area contributed by atoms with E-state index in [9.17, 15) is 13.7 Å². The minimum absolute atomic E-state index is 0.0444. The summed E-state index contributed by atoms with van der Waals surface area (Å²) in [6.45, 7) is 1.86. The zero-order valence-corrected chi connectivity index (χ0v) is 14.9. The molecule has 1 aromatic heterocycles. The Morgan fingerprint density at radius 1 is 1.22 bits per heavy atom. The lowest BCUT2D eigenvalue weighted by molar-refractivity contribution is 0.487. The van der Waals surface area contributed by atoms with Gasteiger partial charge in [-0.3, -0.25) is 0 Å². The Bertz CT molecular complexity index is 1100. The van der Waals surface area contributed by atoms with Crippen molar-refractivity contribution in [1.29, 1.82) is 5.26 Å². The average molecular weight is 382 g/mol. The predicted octanol–water partition coefficient (Wildman–Crippen LogP) is 2.25. The number of nitriles is 1. The standard InChI is InChI=1S/C17H14N6O3S/c1-12-6-8-14(9-7-12)27(24,25)26-16-5-3-2-4-15(16)19-11-13(10-18)17-20-22-23-21-17/h2-9,11,19H,1H3,(H,20,21,22,23). The van der Waals surface area contributed by atoms with E-state index in [1.807, 2.05) is 13.0 Å².